The third kappa shape index (κ3) is 4.05. The normalized spacial score (nSPS) is 11.4. The van der Waals surface area contributed by atoms with Crippen LogP contribution in [0.1, 0.15) is 42.4 Å². The lowest BCUT2D eigenvalue weighted by atomic mass is 9.92. The fourth-order valence-corrected chi connectivity index (χ4v) is 2.94. The van der Waals surface area contributed by atoms with Crippen LogP contribution in [0.5, 0.6) is 0 Å². The Kier molecular flexibility index (Phi) is 5.01. The van der Waals surface area contributed by atoms with E-state index in [0.29, 0.717) is 11.4 Å². The lowest BCUT2D eigenvalue weighted by molar-refractivity contribution is 0.102. The quantitative estimate of drug-likeness (QED) is 0.618. The number of nitrogens with zero attached hydrogens (tertiary/aromatic N) is 2. The molecule has 0 radical (unpaired) electrons. The van der Waals surface area contributed by atoms with Gasteiger partial charge in [0.2, 0.25) is 0 Å². The van der Waals surface area contributed by atoms with Gasteiger partial charge in [-0.15, -0.1) is 0 Å². The summed E-state index contributed by atoms with van der Waals surface area (Å²) in [5.74, 6) is 0.490. The summed E-state index contributed by atoms with van der Waals surface area (Å²) in [6, 6.07) is 17.3. The maximum atomic E-state index is 12.7. The molecule has 0 atom stereocenters. The Morgan fingerprint density at radius 1 is 1.08 bits per heavy atom. The number of benzene rings is 2. The minimum atomic E-state index is -0.167. The van der Waals surface area contributed by atoms with Crippen LogP contribution in [0.4, 0.5) is 5.82 Å². The minimum absolute atomic E-state index is 0.120. The van der Waals surface area contributed by atoms with Crippen molar-refractivity contribution in [2.75, 3.05) is 5.32 Å². The second-order valence-electron chi connectivity index (χ2n) is 7.38. The third-order valence-electron chi connectivity index (χ3n) is 4.08. The predicted octanol–water partition coefficient (Wildman–Crippen LogP) is 5.49. The fourth-order valence-electron chi connectivity index (χ4n) is 2.54. The highest BCUT2D eigenvalue weighted by Gasteiger charge is 2.21. The van der Waals surface area contributed by atoms with Crippen molar-refractivity contribution in [2.45, 2.75) is 33.1 Å². The maximum Gasteiger partial charge on any atom is 0.256 e. The van der Waals surface area contributed by atoms with Gasteiger partial charge in [0.25, 0.3) is 5.91 Å². The van der Waals surface area contributed by atoms with Crippen LogP contribution in [0.2, 0.25) is 0 Å². The number of hydrogen-bond acceptors (Lipinski definition) is 2. The molecule has 1 amide bonds. The molecule has 0 aliphatic heterocycles. The van der Waals surface area contributed by atoms with Crippen molar-refractivity contribution in [1.82, 2.24) is 9.78 Å². The van der Waals surface area contributed by atoms with Gasteiger partial charge in [-0.25, -0.2) is 4.68 Å². The van der Waals surface area contributed by atoms with Crippen LogP contribution in [-0.2, 0) is 5.41 Å². The van der Waals surface area contributed by atoms with E-state index in [1.165, 1.54) is 5.56 Å². The van der Waals surface area contributed by atoms with Crippen molar-refractivity contribution >= 4 is 27.7 Å². The monoisotopic (exact) mass is 411 g/mol. The van der Waals surface area contributed by atoms with Gasteiger partial charge in [0.1, 0.15) is 5.82 Å². The Labute approximate surface area is 162 Å². The predicted molar refractivity (Wildman–Crippen MR) is 109 cm³/mol. The van der Waals surface area contributed by atoms with Gasteiger partial charge in [-0.1, -0.05) is 60.5 Å². The number of aromatic nitrogens is 2. The zero-order chi connectivity index (χ0) is 18.9. The number of amides is 1. The van der Waals surface area contributed by atoms with Crippen molar-refractivity contribution in [3.05, 3.63) is 75.9 Å². The summed E-state index contributed by atoms with van der Waals surface area (Å²) < 4.78 is 2.66. The lowest BCUT2D eigenvalue weighted by Gasteiger charge is -2.14. The fraction of sp³-hybridized carbons (Fsp3) is 0.238. The molecule has 3 aromatic rings. The van der Waals surface area contributed by atoms with Crippen LogP contribution >= 0.6 is 15.9 Å². The molecule has 1 aromatic heterocycles. The standard InChI is InChI=1S/C21H22BrN3O/c1-14-8-10-17(11-9-14)25-19(13-18(24-25)21(2,3)4)23-20(26)15-6-5-7-16(22)12-15/h5-13H,1-4H3,(H,23,26). The molecule has 0 saturated heterocycles. The van der Waals surface area contributed by atoms with Crippen LogP contribution in [0.25, 0.3) is 5.69 Å². The molecule has 3 rings (SSSR count). The number of anilines is 1. The van der Waals surface area contributed by atoms with Crippen LogP contribution in [0, 0.1) is 6.92 Å². The van der Waals surface area contributed by atoms with E-state index in [-0.39, 0.29) is 11.3 Å². The third-order valence-corrected chi connectivity index (χ3v) is 4.58. The second kappa shape index (κ2) is 7.08. The lowest BCUT2D eigenvalue weighted by Crippen LogP contribution is -2.15. The number of aryl methyl sites for hydroxylation is 1. The van der Waals surface area contributed by atoms with Crippen molar-refractivity contribution in [1.29, 1.82) is 0 Å². The molecule has 0 spiro atoms. The zero-order valence-corrected chi connectivity index (χ0v) is 17.0. The SMILES string of the molecule is Cc1ccc(-n2nc(C(C)(C)C)cc2NC(=O)c2cccc(Br)c2)cc1. The van der Waals surface area contributed by atoms with Crippen LogP contribution < -0.4 is 5.32 Å². The van der Waals surface area contributed by atoms with E-state index < -0.39 is 0 Å². The molecule has 0 bridgehead atoms. The van der Waals surface area contributed by atoms with Gasteiger partial charge in [-0.05, 0) is 37.3 Å². The largest absolute Gasteiger partial charge is 0.306 e. The molecule has 0 fully saturated rings. The number of rotatable bonds is 3. The van der Waals surface area contributed by atoms with Gasteiger partial charge in [-0.2, -0.15) is 5.10 Å². The summed E-state index contributed by atoms with van der Waals surface area (Å²) in [7, 11) is 0. The summed E-state index contributed by atoms with van der Waals surface area (Å²) in [4.78, 5) is 12.7. The molecule has 0 aliphatic rings. The van der Waals surface area contributed by atoms with E-state index in [9.17, 15) is 4.79 Å². The van der Waals surface area contributed by atoms with Gasteiger partial charge in [-0.3, -0.25) is 4.79 Å². The maximum absolute atomic E-state index is 12.7. The van der Waals surface area contributed by atoms with E-state index in [0.717, 1.165) is 15.9 Å². The van der Waals surface area contributed by atoms with E-state index in [2.05, 4.69) is 42.0 Å². The Morgan fingerprint density at radius 3 is 2.38 bits per heavy atom. The number of carbonyl (C=O) groups is 1. The molecule has 5 heteroatoms. The van der Waals surface area contributed by atoms with Crippen LogP contribution in [-0.4, -0.2) is 15.7 Å². The van der Waals surface area contributed by atoms with Crippen molar-refractivity contribution in [3.63, 3.8) is 0 Å². The van der Waals surface area contributed by atoms with Gasteiger partial charge >= 0.3 is 0 Å². The highest BCUT2D eigenvalue weighted by molar-refractivity contribution is 9.10. The Morgan fingerprint density at radius 2 is 1.77 bits per heavy atom. The average Bonchev–Trinajstić information content (AvgIpc) is 2.99. The summed E-state index contributed by atoms with van der Waals surface area (Å²) in [6.07, 6.45) is 0. The number of halogens is 1. The molecule has 134 valence electrons. The number of hydrogen-bond donors (Lipinski definition) is 1. The van der Waals surface area contributed by atoms with Crippen LogP contribution in [0.3, 0.4) is 0 Å². The van der Waals surface area contributed by atoms with E-state index in [1.54, 1.807) is 16.8 Å². The van der Waals surface area contributed by atoms with Crippen molar-refractivity contribution in [2.24, 2.45) is 0 Å². The van der Waals surface area contributed by atoms with Gasteiger partial charge in [0.05, 0.1) is 11.4 Å². The van der Waals surface area contributed by atoms with Gasteiger partial charge in [0, 0.05) is 21.5 Å². The molecule has 0 unspecified atom stereocenters. The number of carbonyl (C=O) groups excluding carboxylic acids is 1. The highest BCUT2D eigenvalue weighted by atomic mass is 79.9. The molecule has 2 aromatic carbocycles. The molecular formula is C21H22BrN3O. The summed E-state index contributed by atoms with van der Waals surface area (Å²) in [6.45, 7) is 8.36. The Bertz CT molecular complexity index is 937. The van der Waals surface area contributed by atoms with Crippen LogP contribution in [0.15, 0.2) is 59.1 Å². The second-order valence-corrected chi connectivity index (χ2v) is 8.29. The molecule has 0 aliphatic carbocycles. The molecule has 1 N–H and O–H groups in total. The first-order valence-electron chi connectivity index (χ1n) is 8.48. The van der Waals surface area contributed by atoms with Crippen molar-refractivity contribution < 1.29 is 4.79 Å². The van der Waals surface area contributed by atoms with E-state index in [1.807, 2.05) is 49.4 Å². The number of nitrogens with one attached hydrogen (secondary N) is 1. The van der Waals surface area contributed by atoms with E-state index in [4.69, 9.17) is 5.10 Å². The first kappa shape index (κ1) is 18.4. The molecule has 26 heavy (non-hydrogen) atoms. The molecule has 4 nitrogen and oxygen atoms in total. The summed E-state index contributed by atoms with van der Waals surface area (Å²) in [5.41, 5.74) is 3.48. The average molecular weight is 412 g/mol. The molecular weight excluding hydrogens is 390 g/mol. The minimum Gasteiger partial charge on any atom is -0.306 e. The Balaban J connectivity index is 2.00. The molecule has 1 heterocycles. The molecule has 0 saturated carbocycles. The highest BCUT2D eigenvalue weighted by Crippen LogP contribution is 2.27. The first-order valence-corrected chi connectivity index (χ1v) is 9.28. The summed E-state index contributed by atoms with van der Waals surface area (Å²) in [5, 5.41) is 7.74. The zero-order valence-electron chi connectivity index (χ0n) is 15.4. The van der Waals surface area contributed by atoms with Gasteiger partial charge in [0.15, 0.2) is 0 Å². The summed E-state index contributed by atoms with van der Waals surface area (Å²) >= 11 is 3.41. The van der Waals surface area contributed by atoms with Crippen molar-refractivity contribution in [3.8, 4) is 5.69 Å². The van der Waals surface area contributed by atoms with E-state index >= 15 is 0 Å². The smallest absolute Gasteiger partial charge is 0.256 e. The first-order chi connectivity index (χ1) is 12.2. The van der Waals surface area contributed by atoms with Gasteiger partial charge < -0.3 is 5.32 Å². The Hall–Kier alpha value is -2.40. The topological polar surface area (TPSA) is 46.9 Å².